The van der Waals surface area contributed by atoms with Gasteiger partial charge in [0.2, 0.25) is 5.91 Å². The van der Waals surface area contributed by atoms with Gasteiger partial charge in [0.1, 0.15) is 18.1 Å². The minimum atomic E-state index is -1.10. The summed E-state index contributed by atoms with van der Waals surface area (Å²) in [4.78, 5) is 27.6. The van der Waals surface area contributed by atoms with Crippen molar-refractivity contribution in [3.05, 3.63) is 36.8 Å². The number of amides is 1. The third kappa shape index (κ3) is 5.33. The van der Waals surface area contributed by atoms with Crippen molar-refractivity contribution in [2.24, 2.45) is 0 Å². The molecule has 0 aliphatic carbocycles. The van der Waals surface area contributed by atoms with Crippen LogP contribution in [0.3, 0.4) is 0 Å². The summed E-state index contributed by atoms with van der Waals surface area (Å²) >= 11 is 0. The number of hydrogen-bond donors (Lipinski definition) is 1. The van der Waals surface area contributed by atoms with Crippen LogP contribution < -0.4 is 5.32 Å². The summed E-state index contributed by atoms with van der Waals surface area (Å²) in [5, 5.41) is 3.50. The van der Waals surface area contributed by atoms with Gasteiger partial charge < -0.3 is 19.5 Å². The molecule has 1 fully saturated rings. The molecule has 4 rings (SSSR count). The Balaban J connectivity index is 1.48. The van der Waals surface area contributed by atoms with Gasteiger partial charge in [0.15, 0.2) is 5.65 Å². The van der Waals surface area contributed by atoms with E-state index in [1.54, 1.807) is 19.3 Å². The molecule has 0 spiro atoms. The summed E-state index contributed by atoms with van der Waals surface area (Å²) in [5.74, 6) is 0.881. The molecule has 0 aromatic carbocycles. The van der Waals surface area contributed by atoms with E-state index in [0.717, 1.165) is 53.9 Å². The fourth-order valence-electron chi connectivity index (χ4n) is 3.82. The number of nitrogens with one attached hydrogen (secondary N) is 1. The number of pyridine rings is 1. The SMILES string of the molecule is CC(=O)N1CC[C@H](Nc2ncccc2-c2cnc3c(ccn3COCC[Si](C)(C)C)n2)C1. The zero-order chi connectivity index (χ0) is 22.7. The first-order valence-electron chi connectivity index (χ1n) is 11.2. The molecule has 1 amide bonds. The molecule has 0 bridgehead atoms. The van der Waals surface area contributed by atoms with Crippen LogP contribution in [0.25, 0.3) is 22.4 Å². The summed E-state index contributed by atoms with van der Waals surface area (Å²) in [6, 6.07) is 7.20. The second-order valence-electron chi connectivity index (χ2n) is 9.59. The number of ether oxygens (including phenoxy) is 1. The van der Waals surface area contributed by atoms with Crippen molar-refractivity contribution >= 4 is 31.0 Å². The minimum Gasteiger partial charge on any atom is -0.365 e. The molecular weight excluding hydrogens is 420 g/mol. The van der Waals surface area contributed by atoms with Gasteiger partial charge in [-0.2, -0.15) is 0 Å². The molecule has 32 heavy (non-hydrogen) atoms. The second-order valence-corrected chi connectivity index (χ2v) is 15.2. The van der Waals surface area contributed by atoms with Gasteiger partial charge >= 0.3 is 0 Å². The van der Waals surface area contributed by atoms with E-state index in [0.29, 0.717) is 13.3 Å². The zero-order valence-corrected chi connectivity index (χ0v) is 20.3. The van der Waals surface area contributed by atoms with E-state index < -0.39 is 8.07 Å². The number of nitrogens with zero attached hydrogens (tertiary/aromatic N) is 5. The molecule has 0 saturated carbocycles. The number of likely N-dealkylation sites (tertiary alicyclic amines) is 1. The van der Waals surface area contributed by atoms with Crippen molar-refractivity contribution in [2.45, 2.75) is 51.8 Å². The predicted octanol–water partition coefficient (Wildman–Crippen LogP) is 3.84. The van der Waals surface area contributed by atoms with Crippen LogP contribution in [0.1, 0.15) is 13.3 Å². The van der Waals surface area contributed by atoms with Gasteiger partial charge in [0.25, 0.3) is 0 Å². The Labute approximate surface area is 190 Å². The third-order valence-electron chi connectivity index (χ3n) is 5.75. The van der Waals surface area contributed by atoms with Crippen LogP contribution in [-0.2, 0) is 16.3 Å². The fourth-order valence-corrected chi connectivity index (χ4v) is 4.58. The van der Waals surface area contributed by atoms with Crippen molar-refractivity contribution in [1.29, 1.82) is 0 Å². The second kappa shape index (κ2) is 9.38. The van der Waals surface area contributed by atoms with Crippen LogP contribution >= 0.6 is 0 Å². The molecule has 1 N–H and O–H groups in total. The Morgan fingerprint density at radius 1 is 1.28 bits per heavy atom. The highest BCUT2D eigenvalue weighted by molar-refractivity contribution is 6.76. The number of anilines is 1. The summed E-state index contributed by atoms with van der Waals surface area (Å²) in [7, 11) is -1.10. The normalized spacial score (nSPS) is 16.6. The number of carbonyl (C=O) groups excluding carboxylic acids is 1. The van der Waals surface area contributed by atoms with Crippen molar-refractivity contribution in [3.63, 3.8) is 0 Å². The first-order valence-corrected chi connectivity index (χ1v) is 14.9. The highest BCUT2D eigenvalue weighted by Gasteiger charge is 2.25. The maximum atomic E-state index is 11.6. The number of fused-ring (bicyclic) bond motifs is 1. The van der Waals surface area contributed by atoms with Gasteiger partial charge in [-0.3, -0.25) is 4.79 Å². The van der Waals surface area contributed by atoms with Crippen molar-refractivity contribution in [3.8, 4) is 11.3 Å². The van der Waals surface area contributed by atoms with Crippen LogP contribution in [0.2, 0.25) is 25.7 Å². The van der Waals surface area contributed by atoms with E-state index in [1.807, 2.05) is 33.9 Å². The maximum absolute atomic E-state index is 11.6. The Bertz CT molecular complexity index is 1090. The lowest BCUT2D eigenvalue weighted by molar-refractivity contribution is -0.127. The van der Waals surface area contributed by atoms with Crippen LogP contribution in [0, 0.1) is 0 Å². The smallest absolute Gasteiger partial charge is 0.219 e. The Morgan fingerprint density at radius 3 is 2.88 bits per heavy atom. The van der Waals surface area contributed by atoms with E-state index in [1.165, 1.54) is 0 Å². The molecule has 1 aliphatic rings. The number of rotatable bonds is 8. The van der Waals surface area contributed by atoms with E-state index in [2.05, 4.69) is 34.9 Å². The Hall–Kier alpha value is -2.78. The monoisotopic (exact) mass is 452 g/mol. The summed E-state index contributed by atoms with van der Waals surface area (Å²) < 4.78 is 7.87. The first kappa shape index (κ1) is 22.4. The molecule has 0 unspecified atom stereocenters. The van der Waals surface area contributed by atoms with Crippen LogP contribution in [0.5, 0.6) is 0 Å². The van der Waals surface area contributed by atoms with Crippen LogP contribution in [0.15, 0.2) is 36.8 Å². The maximum Gasteiger partial charge on any atom is 0.219 e. The average Bonchev–Trinajstić information content (AvgIpc) is 3.38. The van der Waals surface area contributed by atoms with E-state index in [4.69, 9.17) is 9.72 Å². The topological polar surface area (TPSA) is 85.2 Å². The zero-order valence-electron chi connectivity index (χ0n) is 19.3. The van der Waals surface area contributed by atoms with Gasteiger partial charge in [0, 0.05) is 58.7 Å². The lowest BCUT2D eigenvalue weighted by atomic mass is 10.1. The van der Waals surface area contributed by atoms with E-state index >= 15 is 0 Å². The van der Waals surface area contributed by atoms with Crippen LogP contribution in [-0.4, -0.2) is 64.1 Å². The van der Waals surface area contributed by atoms with E-state index in [9.17, 15) is 4.79 Å². The van der Waals surface area contributed by atoms with Gasteiger partial charge in [-0.1, -0.05) is 19.6 Å². The van der Waals surface area contributed by atoms with Crippen molar-refractivity contribution in [1.82, 2.24) is 24.4 Å². The molecular formula is C23H32N6O2Si. The van der Waals surface area contributed by atoms with Gasteiger partial charge in [-0.05, 0) is 30.7 Å². The highest BCUT2D eigenvalue weighted by Crippen LogP contribution is 2.27. The first-order chi connectivity index (χ1) is 15.3. The third-order valence-corrected chi connectivity index (χ3v) is 7.45. The number of carbonyl (C=O) groups is 1. The van der Waals surface area contributed by atoms with Crippen molar-refractivity contribution in [2.75, 3.05) is 25.0 Å². The number of aromatic nitrogens is 4. The molecule has 3 aromatic heterocycles. The molecule has 4 heterocycles. The Kier molecular flexibility index (Phi) is 6.57. The van der Waals surface area contributed by atoms with Gasteiger partial charge in [0.05, 0.1) is 11.9 Å². The van der Waals surface area contributed by atoms with Gasteiger partial charge in [-0.15, -0.1) is 0 Å². The molecule has 9 heteroatoms. The number of hydrogen-bond acceptors (Lipinski definition) is 6. The average molecular weight is 453 g/mol. The summed E-state index contributed by atoms with van der Waals surface area (Å²) in [5.41, 5.74) is 3.32. The van der Waals surface area contributed by atoms with E-state index in [-0.39, 0.29) is 11.9 Å². The highest BCUT2D eigenvalue weighted by atomic mass is 28.3. The quantitative estimate of drug-likeness (QED) is 0.413. The fraction of sp³-hybridized carbons (Fsp3) is 0.478. The minimum absolute atomic E-state index is 0.112. The Morgan fingerprint density at radius 2 is 2.12 bits per heavy atom. The standard InChI is InChI=1S/C23H32N6O2Si/c1-17(30)28-10-7-18(15-28)26-22-19(6-5-9-24-22)21-14-25-23-20(27-21)8-11-29(23)16-31-12-13-32(2,3)4/h5-6,8-9,11,14,18H,7,10,12-13,15-16H2,1-4H3,(H,24,26)/t18-/m0/s1. The van der Waals surface area contributed by atoms with Crippen molar-refractivity contribution < 1.29 is 9.53 Å². The molecule has 8 nitrogen and oxygen atoms in total. The lowest BCUT2D eigenvalue weighted by Crippen LogP contribution is -2.29. The molecule has 1 aliphatic heterocycles. The summed E-state index contributed by atoms with van der Waals surface area (Å²) in [6.45, 7) is 11.4. The molecule has 3 aromatic rings. The molecule has 1 atom stereocenters. The largest absolute Gasteiger partial charge is 0.365 e. The molecule has 170 valence electrons. The predicted molar refractivity (Wildman–Crippen MR) is 129 cm³/mol. The van der Waals surface area contributed by atoms with Crippen LogP contribution in [0.4, 0.5) is 5.82 Å². The molecule has 1 saturated heterocycles. The lowest BCUT2D eigenvalue weighted by Gasteiger charge is -2.17. The molecule has 0 radical (unpaired) electrons. The summed E-state index contributed by atoms with van der Waals surface area (Å²) in [6.07, 6.45) is 6.43. The van der Waals surface area contributed by atoms with Gasteiger partial charge in [-0.25, -0.2) is 15.0 Å².